The van der Waals surface area contributed by atoms with E-state index in [9.17, 15) is 9.59 Å². The molecule has 0 aromatic heterocycles. The predicted octanol–water partition coefficient (Wildman–Crippen LogP) is 2.68. The van der Waals surface area contributed by atoms with Crippen LogP contribution in [0.3, 0.4) is 0 Å². The average molecular weight is 320 g/mol. The van der Waals surface area contributed by atoms with Crippen LogP contribution < -0.4 is 10.1 Å². The van der Waals surface area contributed by atoms with E-state index in [-0.39, 0.29) is 21.4 Å². The molecule has 1 aromatic rings. The Morgan fingerprint density at radius 2 is 1.70 bits per heavy atom. The summed E-state index contributed by atoms with van der Waals surface area (Å²) in [4.78, 5) is 23.9. The summed E-state index contributed by atoms with van der Waals surface area (Å²) in [5.41, 5.74) is -1.14. The molecule has 0 radical (unpaired) electrons. The molecular weight excluding hydrogens is 305 g/mol. The van der Waals surface area contributed by atoms with Crippen molar-refractivity contribution in [2.24, 2.45) is 0 Å². The van der Waals surface area contributed by atoms with Gasteiger partial charge in [0.25, 0.3) is 5.91 Å². The van der Waals surface area contributed by atoms with E-state index in [1.807, 2.05) is 0 Å². The van der Waals surface area contributed by atoms with Crippen LogP contribution in [0.4, 0.5) is 0 Å². The van der Waals surface area contributed by atoms with Crippen LogP contribution >= 0.6 is 23.2 Å². The van der Waals surface area contributed by atoms with E-state index in [1.165, 1.54) is 40.2 Å². The summed E-state index contributed by atoms with van der Waals surface area (Å²) in [7, 11) is 2.61. The lowest BCUT2D eigenvalue weighted by molar-refractivity contribution is -0.146. The van der Waals surface area contributed by atoms with Gasteiger partial charge in [-0.1, -0.05) is 23.2 Å². The van der Waals surface area contributed by atoms with Gasteiger partial charge in [-0.05, 0) is 26.0 Å². The summed E-state index contributed by atoms with van der Waals surface area (Å²) in [5, 5.41) is 2.95. The zero-order valence-electron chi connectivity index (χ0n) is 11.5. The highest BCUT2D eigenvalue weighted by Crippen LogP contribution is 2.34. The summed E-state index contributed by atoms with van der Waals surface area (Å²) >= 11 is 12.0. The Morgan fingerprint density at radius 1 is 1.15 bits per heavy atom. The minimum atomic E-state index is -1.21. The molecule has 0 aliphatic rings. The third-order valence-electron chi connectivity index (χ3n) is 2.61. The Morgan fingerprint density at radius 3 is 2.20 bits per heavy atom. The molecule has 1 aromatic carbocycles. The highest BCUT2D eigenvalue weighted by atomic mass is 35.5. The van der Waals surface area contributed by atoms with Gasteiger partial charge in [0.2, 0.25) is 0 Å². The van der Waals surface area contributed by atoms with Gasteiger partial charge in [0.15, 0.2) is 5.75 Å². The second kappa shape index (κ2) is 6.33. The lowest BCUT2D eigenvalue weighted by Gasteiger charge is -2.24. The number of rotatable bonds is 4. The minimum Gasteiger partial charge on any atom is -0.494 e. The summed E-state index contributed by atoms with van der Waals surface area (Å²) in [6.07, 6.45) is 0. The van der Waals surface area contributed by atoms with Crippen molar-refractivity contribution in [2.45, 2.75) is 19.4 Å². The van der Waals surface area contributed by atoms with Gasteiger partial charge in [-0.15, -0.1) is 0 Å². The van der Waals surface area contributed by atoms with Crippen molar-refractivity contribution >= 4 is 35.1 Å². The molecule has 5 nitrogen and oxygen atoms in total. The molecule has 0 atom stereocenters. The molecule has 0 saturated carbocycles. The van der Waals surface area contributed by atoms with Crippen LogP contribution in [0.2, 0.25) is 10.0 Å². The number of ether oxygens (including phenoxy) is 2. The van der Waals surface area contributed by atoms with Crippen molar-refractivity contribution in [3.05, 3.63) is 27.7 Å². The van der Waals surface area contributed by atoms with Crippen LogP contribution in [-0.4, -0.2) is 31.6 Å². The first kappa shape index (κ1) is 16.6. The normalized spacial score (nSPS) is 10.9. The Bertz CT molecular complexity index is 543. The average Bonchev–Trinajstić information content (AvgIpc) is 2.39. The van der Waals surface area contributed by atoms with Gasteiger partial charge >= 0.3 is 5.97 Å². The number of benzene rings is 1. The molecule has 0 spiro atoms. The molecule has 0 bridgehead atoms. The van der Waals surface area contributed by atoms with Gasteiger partial charge in [0.05, 0.1) is 24.3 Å². The molecule has 0 unspecified atom stereocenters. The van der Waals surface area contributed by atoms with Crippen LogP contribution in [-0.2, 0) is 9.53 Å². The number of halogens is 2. The fraction of sp³-hybridized carbons (Fsp3) is 0.385. The van der Waals surface area contributed by atoms with Crippen molar-refractivity contribution in [3.8, 4) is 5.75 Å². The number of amides is 1. The molecule has 110 valence electrons. The Kier molecular flexibility index (Phi) is 5.25. The number of hydrogen-bond acceptors (Lipinski definition) is 4. The van der Waals surface area contributed by atoms with Crippen LogP contribution in [0.25, 0.3) is 0 Å². The maximum absolute atomic E-state index is 12.3. The van der Waals surface area contributed by atoms with Crippen LogP contribution in [0.1, 0.15) is 24.2 Å². The Labute approximate surface area is 127 Å². The predicted molar refractivity (Wildman–Crippen MR) is 76.6 cm³/mol. The summed E-state index contributed by atoms with van der Waals surface area (Å²) in [5.74, 6) is -1.01. The van der Waals surface area contributed by atoms with Crippen molar-refractivity contribution in [3.63, 3.8) is 0 Å². The van der Waals surface area contributed by atoms with Gasteiger partial charge < -0.3 is 14.8 Å². The molecule has 1 amide bonds. The smallest absolute Gasteiger partial charge is 0.330 e. The van der Waals surface area contributed by atoms with E-state index >= 15 is 0 Å². The Balaban J connectivity index is 3.17. The number of nitrogens with one attached hydrogen (secondary N) is 1. The second-order valence-corrected chi connectivity index (χ2v) is 5.32. The highest BCUT2D eigenvalue weighted by Gasteiger charge is 2.32. The minimum absolute atomic E-state index is 0.0682. The topological polar surface area (TPSA) is 64.6 Å². The maximum Gasteiger partial charge on any atom is 0.330 e. The monoisotopic (exact) mass is 319 g/mol. The van der Waals surface area contributed by atoms with Gasteiger partial charge in [0.1, 0.15) is 11.1 Å². The molecule has 0 saturated heterocycles. The summed E-state index contributed by atoms with van der Waals surface area (Å²) in [6, 6.07) is 3.00. The van der Waals surface area contributed by atoms with E-state index in [4.69, 9.17) is 27.9 Å². The third-order valence-corrected chi connectivity index (χ3v) is 3.22. The molecule has 1 rings (SSSR count). The van der Waals surface area contributed by atoms with E-state index in [0.717, 1.165) is 0 Å². The molecule has 0 heterocycles. The molecule has 0 fully saturated rings. The maximum atomic E-state index is 12.3. The van der Waals surface area contributed by atoms with Crippen LogP contribution in [0.5, 0.6) is 5.75 Å². The van der Waals surface area contributed by atoms with E-state index in [2.05, 4.69) is 10.1 Å². The van der Waals surface area contributed by atoms with E-state index < -0.39 is 17.4 Å². The van der Waals surface area contributed by atoms with Gasteiger partial charge in [-0.2, -0.15) is 0 Å². The number of esters is 1. The number of carbonyl (C=O) groups excluding carboxylic acids is 2. The molecule has 7 heteroatoms. The quantitative estimate of drug-likeness (QED) is 0.866. The number of methoxy groups -OCH3 is 2. The zero-order chi connectivity index (χ0) is 15.5. The summed E-state index contributed by atoms with van der Waals surface area (Å²) < 4.78 is 9.70. The van der Waals surface area contributed by atoms with Gasteiger partial charge in [0, 0.05) is 0 Å². The van der Waals surface area contributed by atoms with Crippen LogP contribution in [0.15, 0.2) is 12.1 Å². The largest absolute Gasteiger partial charge is 0.494 e. The molecule has 1 N–H and O–H groups in total. The fourth-order valence-electron chi connectivity index (χ4n) is 1.60. The lowest BCUT2D eigenvalue weighted by atomic mass is 10.0. The number of carbonyl (C=O) groups is 2. The van der Waals surface area contributed by atoms with E-state index in [1.54, 1.807) is 0 Å². The lowest BCUT2D eigenvalue weighted by Crippen LogP contribution is -2.50. The van der Waals surface area contributed by atoms with Gasteiger partial charge in [-0.25, -0.2) is 4.79 Å². The van der Waals surface area contributed by atoms with Crippen molar-refractivity contribution in [1.82, 2.24) is 5.32 Å². The first-order valence-electron chi connectivity index (χ1n) is 5.67. The highest BCUT2D eigenvalue weighted by molar-refractivity contribution is 6.37. The SMILES string of the molecule is COC(=O)C(C)(C)NC(=O)c1c(Cl)ccc(Cl)c1OC. The number of hydrogen-bond donors (Lipinski definition) is 1. The van der Waals surface area contributed by atoms with Crippen molar-refractivity contribution in [2.75, 3.05) is 14.2 Å². The first-order chi connectivity index (χ1) is 9.24. The van der Waals surface area contributed by atoms with Gasteiger partial charge in [-0.3, -0.25) is 4.79 Å². The standard InChI is InChI=1S/C13H15Cl2NO4/c1-13(2,12(18)20-4)16-11(17)9-7(14)5-6-8(15)10(9)19-3/h5-6H,1-4H3,(H,16,17). The fourth-order valence-corrected chi connectivity index (χ4v) is 2.07. The second-order valence-electron chi connectivity index (χ2n) is 4.51. The molecule has 0 aliphatic carbocycles. The molecule has 20 heavy (non-hydrogen) atoms. The van der Waals surface area contributed by atoms with Crippen molar-refractivity contribution in [1.29, 1.82) is 0 Å². The van der Waals surface area contributed by atoms with E-state index in [0.29, 0.717) is 0 Å². The third kappa shape index (κ3) is 3.35. The summed E-state index contributed by atoms with van der Waals surface area (Å²) in [6.45, 7) is 3.03. The Hall–Kier alpha value is -1.46. The zero-order valence-corrected chi connectivity index (χ0v) is 13.1. The molecule has 0 aliphatic heterocycles. The van der Waals surface area contributed by atoms with Crippen molar-refractivity contribution < 1.29 is 19.1 Å². The molecular formula is C13H15Cl2NO4. The van der Waals surface area contributed by atoms with Crippen LogP contribution in [0, 0.1) is 0 Å². The first-order valence-corrected chi connectivity index (χ1v) is 6.43.